The van der Waals surface area contributed by atoms with Crippen LogP contribution >= 0.6 is 0 Å². The Morgan fingerprint density at radius 3 is 2.32 bits per heavy atom. The van der Waals surface area contributed by atoms with E-state index in [1.54, 1.807) is 4.31 Å². The van der Waals surface area contributed by atoms with Gasteiger partial charge in [0.05, 0.1) is 0 Å². The quantitative estimate of drug-likeness (QED) is 0.671. The molecule has 2 aliphatic heterocycles. The van der Waals surface area contributed by atoms with E-state index in [1.165, 1.54) is 35.1 Å². The fourth-order valence-corrected chi connectivity index (χ4v) is 7.33. The molecule has 0 radical (unpaired) electrons. The number of fused-ring (bicyclic) bond motifs is 2. The molecule has 31 heavy (non-hydrogen) atoms. The number of hydrogen-bond donors (Lipinski definition) is 3. The maximum Gasteiger partial charge on any atom is 0.278 e. The number of rotatable bonds is 4. The molecule has 9 heteroatoms. The summed E-state index contributed by atoms with van der Waals surface area (Å²) in [6.07, 6.45) is 9.68. The van der Waals surface area contributed by atoms with E-state index in [0.29, 0.717) is 19.0 Å². The Kier molecular flexibility index (Phi) is 4.63. The van der Waals surface area contributed by atoms with Gasteiger partial charge in [0, 0.05) is 25.3 Å². The monoisotopic (exact) mass is 442 g/mol. The summed E-state index contributed by atoms with van der Waals surface area (Å²) >= 11 is 0. The highest BCUT2D eigenvalue weighted by Gasteiger charge is 2.41. The van der Waals surface area contributed by atoms with Gasteiger partial charge >= 0.3 is 0 Å². The molecular weight excluding hydrogens is 412 g/mol. The number of sulfonamides is 1. The molecule has 3 N–H and O–H groups in total. The van der Waals surface area contributed by atoms with Crippen LogP contribution in [0.3, 0.4) is 0 Å². The van der Waals surface area contributed by atoms with Crippen molar-refractivity contribution in [3.05, 3.63) is 28.3 Å². The molecule has 2 fully saturated rings. The summed E-state index contributed by atoms with van der Waals surface area (Å²) in [5, 5.41) is 15.0. The van der Waals surface area contributed by atoms with Gasteiger partial charge in [-0.2, -0.15) is 4.31 Å². The zero-order valence-corrected chi connectivity index (χ0v) is 18.7. The summed E-state index contributed by atoms with van der Waals surface area (Å²) in [4.78, 5) is 2.97. The van der Waals surface area contributed by atoms with Crippen LogP contribution in [0.2, 0.25) is 0 Å². The minimum Gasteiger partial charge on any atom is -0.324 e. The van der Waals surface area contributed by atoms with Crippen molar-refractivity contribution in [1.82, 2.24) is 24.8 Å². The number of aromatic nitrogens is 3. The lowest BCUT2D eigenvalue weighted by molar-refractivity contribution is 0.174. The summed E-state index contributed by atoms with van der Waals surface area (Å²) in [6.45, 7) is 3.14. The molecule has 0 bridgehead atoms. The van der Waals surface area contributed by atoms with E-state index in [2.05, 4.69) is 31.9 Å². The Bertz CT molecular complexity index is 1080. The largest absolute Gasteiger partial charge is 0.324 e. The van der Waals surface area contributed by atoms with Crippen molar-refractivity contribution in [2.45, 2.75) is 62.9 Å². The van der Waals surface area contributed by atoms with Crippen LogP contribution in [0.15, 0.2) is 11.2 Å². The third-order valence-electron chi connectivity index (χ3n) is 7.88. The first-order chi connectivity index (χ1) is 15.0. The van der Waals surface area contributed by atoms with Gasteiger partial charge in [-0.15, -0.1) is 10.2 Å². The SMILES string of the molecule is O=S(=O)(c1nnc(Nc2c3c(cc4c2CCC4)CCC3)[nH]1)N1CCC2(CCNC2)CC1. The van der Waals surface area contributed by atoms with Crippen LogP contribution in [-0.2, 0) is 35.7 Å². The second-order valence-corrected chi connectivity index (χ2v) is 11.5. The summed E-state index contributed by atoms with van der Waals surface area (Å²) in [7, 11) is -3.66. The molecule has 2 aromatic rings. The number of aryl methyl sites for hydroxylation is 2. The molecular formula is C22H30N6O2S. The van der Waals surface area contributed by atoms with Crippen LogP contribution in [0.1, 0.15) is 54.4 Å². The van der Waals surface area contributed by atoms with Crippen LogP contribution in [-0.4, -0.2) is 54.1 Å². The Labute approximate surface area is 183 Å². The molecule has 6 rings (SSSR count). The molecule has 3 heterocycles. The first-order valence-electron chi connectivity index (χ1n) is 11.6. The van der Waals surface area contributed by atoms with Gasteiger partial charge in [-0.25, -0.2) is 8.42 Å². The zero-order valence-electron chi connectivity index (χ0n) is 17.8. The number of nitrogens with one attached hydrogen (secondary N) is 3. The predicted molar refractivity (Wildman–Crippen MR) is 118 cm³/mol. The number of anilines is 2. The van der Waals surface area contributed by atoms with E-state index in [-0.39, 0.29) is 10.6 Å². The molecule has 1 aromatic carbocycles. The highest BCUT2D eigenvalue weighted by molar-refractivity contribution is 7.88. The van der Waals surface area contributed by atoms with Crippen LogP contribution in [0, 0.1) is 5.41 Å². The molecule has 1 spiro atoms. The van der Waals surface area contributed by atoms with Crippen LogP contribution in [0.25, 0.3) is 0 Å². The molecule has 4 aliphatic rings. The fraction of sp³-hybridized carbons (Fsp3) is 0.636. The van der Waals surface area contributed by atoms with Crippen LogP contribution in [0.5, 0.6) is 0 Å². The van der Waals surface area contributed by atoms with Crippen molar-refractivity contribution in [1.29, 1.82) is 0 Å². The first-order valence-corrected chi connectivity index (χ1v) is 13.1. The molecule has 1 aromatic heterocycles. The molecule has 2 aliphatic carbocycles. The summed E-state index contributed by atoms with van der Waals surface area (Å²) in [5.41, 5.74) is 7.00. The van der Waals surface area contributed by atoms with Gasteiger partial charge in [0.1, 0.15) is 0 Å². The van der Waals surface area contributed by atoms with Gasteiger partial charge in [0.2, 0.25) is 5.95 Å². The van der Waals surface area contributed by atoms with E-state index >= 15 is 0 Å². The number of H-pyrrole nitrogens is 1. The van der Waals surface area contributed by atoms with Crippen molar-refractivity contribution >= 4 is 21.7 Å². The average Bonchev–Trinajstić information content (AvgIpc) is 3.55. The Morgan fingerprint density at radius 2 is 1.68 bits per heavy atom. The van der Waals surface area contributed by atoms with Crippen molar-refractivity contribution in [3.8, 4) is 0 Å². The predicted octanol–water partition coefficient (Wildman–Crippen LogP) is 2.29. The topological polar surface area (TPSA) is 103 Å². The number of benzene rings is 1. The summed E-state index contributed by atoms with van der Waals surface area (Å²) < 4.78 is 27.9. The Morgan fingerprint density at radius 1 is 0.968 bits per heavy atom. The molecule has 0 unspecified atom stereocenters. The maximum atomic E-state index is 13.2. The lowest BCUT2D eigenvalue weighted by atomic mass is 9.78. The van der Waals surface area contributed by atoms with Gasteiger partial charge in [-0.1, -0.05) is 6.07 Å². The van der Waals surface area contributed by atoms with Gasteiger partial charge in [0.25, 0.3) is 15.2 Å². The van der Waals surface area contributed by atoms with Crippen molar-refractivity contribution in [3.63, 3.8) is 0 Å². The Hall–Kier alpha value is -1.97. The van der Waals surface area contributed by atoms with Crippen molar-refractivity contribution in [2.24, 2.45) is 5.41 Å². The number of piperidine rings is 1. The second kappa shape index (κ2) is 7.28. The first kappa shape index (κ1) is 19.7. The van der Waals surface area contributed by atoms with Crippen molar-refractivity contribution in [2.75, 3.05) is 31.5 Å². The lowest BCUT2D eigenvalue weighted by Gasteiger charge is -2.37. The van der Waals surface area contributed by atoms with Crippen molar-refractivity contribution < 1.29 is 8.42 Å². The van der Waals surface area contributed by atoms with E-state index < -0.39 is 10.0 Å². The molecule has 0 atom stereocenters. The third-order valence-corrected chi connectivity index (χ3v) is 9.60. The maximum absolute atomic E-state index is 13.2. The molecule has 0 amide bonds. The third kappa shape index (κ3) is 3.29. The van der Waals surface area contributed by atoms with Crippen LogP contribution in [0.4, 0.5) is 11.6 Å². The van der Waals surface area contributed by atoms with Crippen LogP contribution < -0.4 is 10.6 Å². The minimum absolute atomic E-state index is 0.0558. The van der Waals surface area contributed by atoms with Gasteiger partial charge in [0.15, 0.2) is 0 Å². The van der Waals surface area contributed by atoms with E-state index in [4.69, 9.17) is 0 Å². The van der Waals surface area contributed by atoms with Gasteiger partial charge < -0.3 is 10.6 Å². The molecule has 166 valence electrons. The smallest absolute Gasteiger partial charge is 0.278 e. The molecule has 2 saturated heterocycles. The van der Waals surface area contributed by atoms with E-state index in [9.17, 15) is 8.42 Å². The standard InChI is InChI=1S/C22H30N6O2S/c29-31(30,28-11-8-22(9-12-28)7-10-23-14-22)21-25-20(26-27-21)24-19-17-5-1-3-15(17)13-16-4-2-6-18(16)19/h13,23H,1-12,14H2,(H2,24,25,26,27). The fourth-order valence-electron chi connectivity index (χ4n) is 6.05. The number of aromatic amines is 1. The number of hydrogen-bond acceptors (Lipinski definition) is 6. The summed E-state index contributed by atoms with van der Waals surface area (Å²) in [6, 6.07) is 2.38. The Balaban J connectivity index is 1.23. The minimum atomic E-state index is -3.66. The number of nitrogens with zero attached hydrogens (tertiary/aromatic N) is 3. The van der Waals surface area contributed by atoms with Gasteiger partial charge in [-0.3, -0.25) is 4.98 Å². The average molecular weight is 443 g/mol. The highest BCUT2D eigenvalue weighted by atomic mass is 32.2. The molecule has 0 saturated carbocycles. The second-order valence-electron chi connectivity index (χ2n) is 9.67. The zero-order chi connectivity index (χ0) is 21.1. The van der Waals surface area contributed by atoms with E-state index in [1.807, 2.05) is 0 Å². The van der Waals surface area contributed by atoms with E-state index in [0.717, 1.165) is 63.7 Å². The molecule has 8 nitrogen and oxygen atoms in total. The normalized spacial score (nSPS) is 22.7. The van der Waals surface area contributed by atoms with Gasteiger partial charge in [-0.05, 0) is 92.0 Å². The summed E-state index contributed by atoms with van der Waals surface area (Å²) in [5.74, 6) is 0.418. The lowest BCUT2D eigenvalue weighted by Crippen LogP contribution is -2.44. The highest BCUT2D eigenvalue weighted by Crippen LogP contribution is 2.40.